The van der Waals surface area contributed by atoms with Gasteiger partial charge in [0.1, 0.15) is 5.65 Å². The van der Waals surface area contributed by atoms with Crippen LogP contribution in [-0.4, -0.2) is 23.5 Å². The Morgan fingerprint density at radius 1 is 0.358 bits per heavy atom. The van der Waals surface area contributed by atoms with E-state index in [9.17, 15) is 0 Å². The summed E-state index contributed by atoms with van der Waals surface area (Å²) in [6.45, 7) is 0. The van der Waals surface area contributed by atoms with E-state index in [4.69, 9.17) is 9.97 Å². The second-order valence-corrected chi connectivity index (χ2v) is 13.9. The molecule has 0 radical (unpaired) electrons. The number of benzene rings is 8. The Kier molecular flexibility index (Phi) is 5.71. The predicted molar refractivity (Wildman–Crippen MR) is 220 cm³/mol. The zero-order valence-electron chi connectivity index (χ0n) is 28.5. The van der Waals surface area contributed by atoms with E-state index in [-0.39, 0.29) is 0 Å². The summed E-state index contributed by atoms with van der Waals surface area (Å²) in [5, 5.41) is 8.46. The van der Waals surface area contributed by atoms with Crippen LogP contribution in [0.4, 0.5) is 0 Å². The molecule has 5 heteroatoms. The molecule has 0 bridgehead atoms. The Bertz CT molecular complexity index is 3460. The lowest BCUT2D eigenvalue weighted by Crippen LogP contribution is -2.06. The summed E-state index contributed by atoms with van der Waals surface area (Å²) in [7, 11) is 0. The lowest BCUT2D eigenvalue weighted by molar-refractivity contribution is 0.979. The van der Waals surface area contributed by atoms with Gasteiger partial charge in [-0.15, -0.1) is 0 Å². The van der Waals surface area contributed by atoms with E-state index in [0.717, 1.165) is 50.3 Å². The van der Waals surface area contributed by atoms with E-state index >= 15 is 0 Å². The molecule has 0 N–H and O–H groups in total. The van der Waals surface area contributed by atoms with Gasteiger partial charge < -0.3 is 4.57 Å². The molecule has 0 saturated carbocycles. The van der Waals surface area contributed by atoms with Crippen LogP contribution in [0.3, 0.4) is 0 Å². The molecule has 246 valence electrons. The van der Waals surface area contributed by atoms with Gasteiger partial charge in [-0.1, -0.05) is 109 Å². The van der Waals surface area contributed by atoms with Crippen molar-refractivity contribution in [2.24, 2.45) is 0 Å². The summed E-state index contributed by atoms with van der Waals surface area (Å²) in [5.41, 5.74) is 11.9. The maximum absolute atomic E-state index is 5.35. The first kappa shape index (κ1) is 28.5. The number of hydrogen-bond acceptors (Lipinski definition) is 2. The van der Waals surface area contributed by atoms with E-state index in [1.807, 2.05) is 12.1 Å². The summed E-state index contributed by atoms with van der Waals surface area (Å²) in [6, 6.07) is 63.1. The van der Waals surface area contributed by atoms with E-state index in [2.05, 4.69) is 177 Å². The van der Waals surface area contributed by atoms with Gasteiger partial charge in [-0.3, -0.25) is 8.97 Å². The van der Waals surface area contributed by atoms with Gasteiger partial charge in [-0.25, -0.2) is 9.97 Å². The van der Waals surface area contributed by atoms with Gasteiger partial charge in [-0.2, -0.15) is 0 Å². The Morgan fingerprint density at radius 2 is 1.02 bits per heavy atom. The minimum absolute atomic E-state index is 0.826. The highest BCUT2D eigenvalue weighted by molar-refractivity contribution is 6.22. The number of rotatable bonds is 3. The van der Waals surface area contributed by atoms with Crippen LogP contribution in [0.15, 0.2) is 176 Å². The van der Waals surface area contributed by atoms with E-state index in [1.165, 1.54) is 54.5 Å². The Hall–Kier alpha value is -7.24. The second kappa shape index (κ2) is 10.6. The van der Waals surface area contributed by atoms with Crippen LogP contribution in [0.5, 0.6) is 0 Å². The van der Waals surface area contributed by atoms with Gasteiger partial charge in [0.2, 0.25) is 5.95 Å². The molecule has 0 unspecified atom stereocenters. The highest BCUT2D eigenvalue weighted by Gasteiger charge is 2.21. The van der Waals surface area contributed by atoms with Gasteiger partial charge >= 0.3 is 0 Å². The third-order valence-electron chi connectivity index (χ3n) is 11.0. The van der Waals surface area contributed by atoms with Crippen molar-refractivity contribution >= 4 is 82.0 Å². The standard InChI is InChI=1S/C48H29N5/c1-2-13-33(14-3-1)51-44-27-23-30-12-4-5-15-34(30)46(44)37-25-22-32(29-45(37)51)31-24-26-42-38(28-31)35-16-7-10-20-41(35)52(42)48-50-39-18-8-6-17-36(39)47-49-40-19-9-11-21-43(40)53(47)48/h1-29H. The number of nitrogens with zero attached hydrogens (tertiary/aromatic N) is 5. The fraction of sp³-hybridized carbons (Fsp3) is 0. The Morgan fingerprint density at radius 3 is 1.91 bits per heavy atom. The summed E-state index contributed by atoms with van der Waals surface area (Å²) < 4.78 is 6.94. The molecule has 0 saturated heterocycles. The van der Waals surface area contributed by atoms with Crippen molar-refractivity contribution in [1.29, 1.82) is 0 Å². The molecule has 0 aliphatic rings. The molecule has 12 aromatic rings. The predicted octanol–water partition coefficient (Wildman–Crippen LogP) is 12.1. The van der Waals surface area contributed by atoms with Gasteiger partial charge in [0, 0.05) is 32.6 Å². The molecule has 0 aliphatic heterocycles. The SMILES string of the molecule is c1ccc(-n2c3cc(-c4ccc5c(c4)c4ccccc4n5-c4nc5ccccc5c5nc6ccccc6n45)ccc3c3c4ccccc4ccc32)cc1. The smallest absolute Gasteiger partial charge is 0.221 e. The van der Waals surface area contributed by atoms with Gasteiger partial charge in [0.05, 0.1) is 38.6 Å². The molecule has 12 rings (SSSR count). The second-order valence-electron chi connectivity index (χ2n) is 13.9. The summed E-state index contributed by atoms with van der Waals surface area (Å²) in [6.07, 6.45) is 0. The number of hydrogen-bond donors (Lipinski definition) is 0. The zero-order chi connectivity index (χ0) is 34.6. The fourth-order valence-corrected chi connectivity index (χ4v) is 8.67. The van der Waals surface area contributed by atoms with Gasteiger partial charge in [0.25, 0.3) is 0 Å². The molecular weight excluding hydrogens is 647 g/mol. The van der Waals surface area contributed by atoms with Crippen LogP contribution in [0, 0.1) is 0 Å². The fourth-order valence-electron chi connectivity index (χ4n) is 8.67. The quantitative estimate of drug-likeness (QED) is 0.187. The van der Waals surface area contributed by atoms with Gasteiger partial charge in [0.15, 0.2) is 0 Å². The maximum Gasteiger partial charge on any atom is 0.221 e. The van der Waals surface area contributed by atoms with Crippen molar-refractivity contribution in [3.63, 3.8) is 0 Å². The minimum atomic E-state index is 0.826. The molecule has 8 aromatic carbocycles. The summed E-state index contributed by atoms with van der Waals surface area (Å²) in [4.78, 5) is 10.5. The first-order chi connectivity index (χ1) is 26.3. The van der Waals surface area contributed by atoms with Crippen molar-refractivity contribution in [3.8, 4) is 22.8 Å². The topological polar surface area (TPSA) is 40.0 Å². The third kappa shape index (κ3) is 3.96. The normalized spacial score (nSPS) is 12.2. The first-order valence-electron chi connectivity index (χ1n) is 18.0. The molecular formula is C48H29N5. The Labute approximate surface area is 303 Å². The van der Waals surface area contributed by atoms with Crippen LogP contribution >= 0.6 is 0 Å². The largest absolute Gasteiger partial charge is 0.309 e. The molecule has 0 fully saturated rings. The van der Waals surface area contributed by atoms with Crippen LogP contribution in [0.1, 0.15) is 0 Å². The molecule has 4 aromatic heterocycles. The molecule has 5 nitrogen and oxygen atoms in total. The monoisotopic (exact) mass is 675 g/mol. The summed E-state index contributed by atoms with van der Waals surface area (Å²) >= 11 is 0. The number of fused-ring (bicyclic) bond motifs is 13. The minimum Gasteiger partial charge on any atom is -0.309 e. The van der Waals surface area contributed by atoms with Crippen molar-refractivity contribution < 1.29 is 0 Å². The average molecular weight is 676 g/mol. The maximum atomic E-state index is 5.35. The van der Waals surface area contributed by atoms with Crippen LogP contribution in [-0.2, 0) is 0 Å². The third-order valence-corrected chi connectivity index (χ3v) is 11.0. The van der Waals surface area contributed by atoms with E-state index < -0.39 is 0 Å². The Balaban J connectivity index is 1.13. The van der Waals surface area contributed by atoms with Gasteiger partial charge in [-0.05, 0) is 88.6 Å². The number of imidazole rings is 1. The highest BCUT2D eigenvalue weighted by Crippen LogP contribution is 2.40. The molecule has 0 atom stereocenters. The highest BCUT2D eigenvalue weighted by atomic mass is 15.2. The van der Waals surface area contributed by atoms with Crippen LogP contribution in [0.25, 0.3) is 105 Å². The molecule has 0 aliphatic carbocycles. The average Bonchev–Trinajstić information content (AvgIpc) is 3.89. The van der Waals surface area contributed by atoms with E-state index in [0.29, 0.717) is 0 Å². The number of para-hydroxylation sites is 5. The molecule has 0 spiro atoms. The van der Waals surface area contributed by atoms with E-state index in [1.54, 1.807) is 0 Å². The van der Waals surface area contributed by atoms with Crippen LogP contribution < -0.4 is 0 Å². The van der Waals surface area contributed by atoms with Crippen molar-refractivity contribution in [3.05, 3.63) is 176 Å². The molecule has 4 heterocycles. The van der Waals surface area contributed by atoms with Crippen LogP contribution in [0.2, 0.25) is 0 Å². The lowest BCUT2D eigenvalue weighted by atomic mass is 10.00. The molecule has 0 amide bonds. The van der Waals surface area contributed by atoms with Crippen molar-refractivity contribution in [2.45, 2.75) is 0 Å². The van der Waals surface area contributed by atoms with Crippen molar-refractivity contribution in [2.75, 3.05) is 0 Å². The lowest BCUT2D eigenvalue weighted by Gasteiger charge is -2.12. The zero-order valence-corrected chi connectivity index (χ0v) is 28.5. The van der Waals surface area contributed by atoms with Crippen molar-refractivity contribution in [1.82, 2.24) is 23.5 Å². The molecule has 53 heavy (non-hydrogen) atoms. The summed E-state index contributed by atoms with van der Waals surface area (Å²) in [5.74, 6) is 0.826. The number of aromatic nitrogens is 5. The first-order valence-corrected chi connectivity index (χ1v) is 18.0.